The minimum absolute atomic E-state index is 0.104. The number of rotatable bonds is 3. The van der Waals surface area contributed by atoms with Crippen molar-refractivity contribution in [2.75, 3.05) is 13.1 Å². The van der Waals surface area contributed by atoms with Gasteiger partial charge in [0.2, 0.25) is 0 Å². The van der Waals surface area contributed by atoms with Gasteiger partial charge in [-0.05, 0) is 31.0 Å². The van der Waals surface area contributed by atoms with E-state index in [1.54, 1.807) is 24.3 Å². The van der Waals surface area contributed by atoms with E-state index in [2.05, 4.69) is 10.1 Å². The van der Waals surface area contributed by atoms with Crippen LogP contribution in [0.25, 0.3) is 33.6 Å². The summed E-state index contributed by atoms with van der Waals surface area (Å²) >= 11 is 0. The maximum absolute atomic E-state index is 14.4. The summed E-state index contributed by atoms with van der Waals surface area (Å²) in [6.07, 6.45) is 1.96. The van der Waals surface area contributed by atoms with Crippen LogP contribution >= 0.6 is 0 Å². The van der Waals surface area contributed by atoms with E-state index in [9.17, 15) is 9.18 Å². The molecule has 0 bridgehead atoms. The normalized spacial score (nSPS) is 13.9. The number of likely N-dealkylation sites (tertiary alicyclic amines) is 1. The van der Waals surface area contributed by atoms with Gasteiger partial charge in [-0.25, -0.2) is 9.37 Å². The highest BCUT2D eigenvalue weighted by Gasteiger charge is 2.27. The van der Waals surface area contributed by atoms with Crippen LogP contribution in [0, 0.1) is 5.82 Å². The van der Waals surface area contributed by atoms with Gasteiger partial charge in [-0.15, -0.1) is 0 Å². The zero-order valence-corrected chi connectivity index (χ0v) is 15.6. The van der Waals surface area contributed by atoms with Crippen LogP contribution in [0.3, 0.4) is 0 Å². The Balaban J connectivity index is 1.75. The second-order valence-electron chi connectivity index (χ2n) is 7.11. The zero-order valence-electron chi connectivity index (χ0n) is 15.6. The Hall–Kier alpha value is -3.54. The van der Waals surface area contributed by atoms with Gasteiger partial charge >= 0.3 is 0 Å². The lowest BCUT2D eigenvalue weighted by Crippen LogP contribution is -2.27. The number of hydrogen-bond donors (Lipinski definition) is 0. The Morgan fingerprint density at radius 2 is 1.72 bits per heavy atom. The van der Waals surface area contributed by atoms with Crippen LogP contribution in [0.1, 0.15) is 23.2 Å². The smallest absolute Gasteiger partial charge is 0.259 e. The van der Waals surface area contributed by atoms with Gasteiger partial charge in [-0.3, -0.25) is 4.79 Å². The lowest BCUT2D eigenvalue weighted by Gasteiger charge is -2.16. The molecule has 1 saturated heterocycles. The predicted molar refractivity (Wildman–Crippen MR) is 108 cm³/mol. The van der Waals surface area contributed by atoms with Gasteiger partial charge in [0, 0.05) is 24.2 Å². The molecule has 0 atom stereocenters. The van der Waals surface area contributed by atoms with Crippen molar-refractivity contribution in [2.45, 2.75) is 12.8 Å². The molecule has 2 aromatic carbocycles. The van der Waals surface area contributed by atoms with Gasteiger partial charge < -0.3 is 9.42 Å². The number of aromatic nitrogens is 2. The summed E-state index contributed by atoms with van der Waals surface area (Å²) in [5.41, 5.74) is 2.75. The lowest BCUT2D eigenvalue weighted by molar-refractivity contribution is 0.0794. The van der Waals surface area contributed by atoms with Crippen molar-refractivity contribution in [1.29, 1.82) is 0 Å². The molecular formula is C23H18FN3O2. The van der Waals surface area contributed by atoms with Crippen LogP contribution in [-0.4, -0.2) is 34.0 Å². The summed E-state index contributed by atoms with van der Waals surface area (Å²) in [5.74, 6) is -0.505. The van der Waals surface area contributed by atoms with Crippen molar-refractivity contribution < 1.29 is 13.7 Å². The Morgan fingerprint density at radius 1 is 1.00 bits per heavy atom. The molecule has 0 radical (unpaired) electrons. The number of benzene rings is 2. The van der Waals surface area contributed by atoms with E-state index >= 15 is 0 Å². The van der Waals surface area contributed by atoms with E-state index in [0.29, 0.717) is 41.0 Å². The largest absolute Gasteiger partial charge is 0.339 e. The van der Waals surface area contributed by atoms with E-state index in [1.807, 2.05) is 35.2 Å². The third-order valence-corrected chi connectivity index (χ3v) is 5.27. The first-order valence-electron chi connectivity index (χ1n) is 9.62. The molecule has 5 rings (SSSR count). The van der Waals surface area contributed by atoms with Crippen LogP contribution in [0.15, 0.2) is 65.2 Å². The highest BCUT2D eigenvalue weighted by Crippen LogP contribution is 2.34. The van der Waals surface area contributed by atoms with Crippen LogP contribution in [0.5, 0.6) is 0 Å². The molecule has 1 amide bonds. The first-order valence-corrected chi connectivity index (χ1v) is 9.62. The zero-order chi connectivity index (χ0) is 19.8. The van der Waals surface area contributed by atoms with E-state index in [-0.39, 0.29) is 11.6 Å². The highest BCUT2D eigenvalue weighted by molar-refractivity contribution is 6.10. The van der Waals surface area contributed by atoms with Gasteiger partial charge in [0.1, 0.15) is 11.5 Å². The first kappa shape index (κ1) is 17.6. The van der Waals surface area contributed by atoms with Gasteiger partial charge in [-0.1, -0.05) is 47.6 Å². The Bertz CT molecular complexity index is 1200. The molecule has 6 heteroatoms. The number of carbonyl (C=O) groups is 1. The third kappa shape index (κ3) is 3.06. The maximum atomic E-state index is 14.4. The molecule has 0 aliphatic carbocycles. The number of halogens is 1. The first-order chi connectivity index (χ1) is 14.2. The molecule has 0 spiro atoms. The molecule has 1 aliphatic heterocycles. The van der Waals surface area contributed by atoms with E-state index in [1.165, 1.54) is 6.07 Å². The number of carbonyl (C=O) groups excluding carboxylic acids is 1. The van der Waals surface area contributed by atoms with Crippen LogP contribution < -0.4 is 0 Å². The van der Waals surface area contributed by atoms with Crippen molar-refractivity contribution in [2.24, 2.45) is 0 Å². The molecule has 0 N–H and O–H groups in total. The molecule has 29 heavy (non-hydrogen) atoms. The molecule has 0 saturated carbocycles. The van der Waals surface area contributed by atoms with Gasteiger partial charge in [0.05, 0.1) is 16.6 Å². The molecule has 5 nitrogen and oxygen atoms in total. The average Bonchev–Trinajstić information content (AvgIpc) is 3.44. The molecule has 0 unspecified atom stereocenters. The summed E-state index contributed by atoms with van der Waals surface area (Å²) in [7, 11) is 0. The molecule has 3 heterocycles. The number of nitrogens with zero attached hydrogens (tertiary/aromatic N) is 3. The molecular weight excluding hydrogens is 369 g/mol. The summed E-state index contributed by atoms with van der Waals surface area (Å²) in [6.45, 7) is 1.42. The second-order valence-corrected chi connectivity index (χ2v) is 7.11. The van der Waals surface area contributed by atoms with Crippen molar-refractivity contribution in [3.05, 3.63) is 72.0 Å². The summed E-state index contributed by atoms with van der Waals surface area (Å²) in [4.78, 5) is 19.6. The molecule has 2 aromatic heterocycles. The number of fused-ring (bicyclic) bond motifs is 1. The fraction of sp³-hybridized carbons (Fsp3) is 0.174. The van der Waals surface area contributed by atoms with Crippen LogP contribution in [0.4, 0.5) is 4.39 Å². The lowest BCUT2D eigenvalue weighted by atomic mass is 10.0. The van der Waals surface area contributed by atoms with Crippen molar-refractivity contribution in [3.63, 3.8) is 0 Å². The fourth-order valence-corrected chi connectivity index (χ4v) is 3.81. The quantitative estimate of drug-likeness (QED) is 0.500. The van der Waals surface area contributed by atoms with Gasteiger partial charge in [0.25, 0.3) is 11.6 Å². The van der Waals surface area contributed by atoms with E-state index in [0.717, 1.165) is 18.4 Å². The number of pyridine rings is 1. The Morgan fingerprint density at radius 3 is 2.48 bits per heavy atom. The molecule has 4 aromatic rings. The van der Waals surface area contributed by atoms with Crippen molar-refractivity contribution >= 4 is 17.0 Å². The monoisotopic (exact) mass is 387 g/mol. The number of hydrogen-bond acceptors (Lipinski definition) is 4. The molecule has 1 fully saturated rings. The summed E-state index contributed by atoms with van der Waals surface area (Å²) in [5, 5.41) is 4.75. The minimum Gasteiger partial charge on any atom is -0.339 e. The molecule has 1 aliphatic rings. The predicted octanol–water partition coefficient (Wildman–Crippen LogP) is 4.93. The SMILES string of the molecule is O=C(c1cc(-c2ccccc2F)nc2onc(-c3ccccc3)c12)N1CCCC1. The van der Waals surface area contributed by atoms with Gasteiger partial charge in [0.15, 0.2) is 0 Å². The summed E-state index contributed by atoms with van der Waals surface area (Å²) in [6, 6.07) is 17.6. The average molecular weight is 387 g/mol. The standard InChI is InChI=1S/C23H18FN3O2/c24-18-11-5-4-10-16(18)19-14-17(23(28)27-12-6-7-13-27)20-21(26-29-22(20)25-19)15-8-2-1-3-9-15/h1-5,8-11,14H,6-7,12-13H2. The third-order valence-electron chi connectivity index (χ3n) is 5.27. The molecule has 144 valence electrons. The fourth-order valence-electron chi connectivity index (χ4n) is 3.81. The van der Waals surface area contributed by atoms with Crippen molar-refractivity contribution in [3.8, 4) is 22.5 Å². The van der Waals surface area contributed by atoms with E-state index in [4.69, 9.17) is 4.52 Å². The van der Waals surface area contributed by atoms with E-state index < -0.39 is 5.82 Å². The van der Waals surface area contributed by atoms with Gasteiger partial charge in [-0.2, -0.15) is 0 Å². The van der Waals surface area contributed by atoms with Crippen LogP contribution in [-0.2, 0) is 0 Å². The van der Waals surface area contributed by atoms with Crippen molar-refractivity contribution in [1.82, 2.24) is 15.0 Å². The Kier molecular flexibility index (Phi) is 4.31. The number of amides is 1. The van der Waals surface area contributed by atoms with Crippen LogP contribution in [0.2, 0.25) is 0 Å². The topological polar surface area (TPSA) is 59.2 Å². The minimum atomic E-state index is -0.401. The summed E-state index contributed by atoms with van der Waals surface area (Å²) < 4.78 is 19.9. The maximum Gasteiger partial charge on any atom is 0.259 e. The second kappa shape index (κ2) is 7.13. The Labute approximate surface area is 166 Å². The highest BCUT2D eigenvalue weighted by atomic mass is 19.1.